The number of hydrogen-bond donors (Lipinski definition) is 2. The zero-order valence-electron chi connectivity index (χ0n) is 17.4. The molecule has 1 aromatic rings. The minimum Gasteiger partial charge on any atom is -0.492 e. The maximum atomic E-state index is 15.4. The highest BCUT2D eigenvalue weighted by Crippen LogP contribution is 2.54. The molecule has 0 bridgehead atoms. The smallest absolute Gasteiger partial charge is 0.243 e. The predicted molar refractivity (Wildman–Crippen MR) is 114 cm³/mol. The van der Waals surface area contributed by atoms with Gasteiger partial charge in [0, 0.05) is 30.2 Å². The number of fused-ring (bicyclic) bond motifs is 2. The Labute approximate surface area is 179 Å². The van der Waals surface area contributed by atoms with Crippen LogP contribution in [0.4, 0.5) is 15.8 Å². The van der Waals surface area contributed by atoms with Crippen LogP contribution in [-0.4, -0.2) is 48.8 Å². The van der Waals surface area contributed by atoms with Gasteiger partial charge in [-0.15, -0.1) is 0 Å². The molecule has 9 heteroatoms. The highest BCUT2D eigenvalue weighted by atomic mass is 32.2. The number of ether oxygens (including phenoxy) is 1. The number of Topliss-reactive ketones (excluding diaryl/α,β-unsaturated/α-hetero) is 1. The Morgan fingerprint density at radius 3 is 2.60 bits per heavy atom. The van der Waals surface area contributed by atoms with Gasteiger partial charge in [0.05, 0.1) is 12.8 Å². The van der Waals surface area contributed by atoms with Crippen LogP contribution in [-0.2, 0) is 4.79 Å². The molecule has 4 aliphatic rings. The summed E-state index contributed by atoms with van der Waals surface area (Å²) in [7, 11) is 1.52. The summed E-state index contributed by atoms with van der Waals surface area (Å²) >= 11 is 1.27. The average molecular weight is 435 g/mol. The Hall–Kier alpha value is -2.00. The summed E-state index contributed by atoms with van der Waals surface area (Å²) in [6, 6.07) is 1.53. The molecule has 3 unspecified atom stereocenters. The first-order valence-electron chi connectivity index (χ1n) is 10.4. The number of nitrogens with two attached hydrogens (primary N) is 1. The molecule has 3 N–H and O–H groups in total. The number of hydrogen-bond acceptors (Lipinski definition) is 7. The third-order valence-corrected chi connectivity index (χ3v) is 7.87. The third-order valence-electron chi connectivity index (χ3n) is 6.81. The Morgan fingerprint density at radius 2 is 2.00 bits per heavy atom. The van der Waals surface area contributed by atoms with Crippen molar-refractivity contribution in [3.05, 3.63) is 17.4 Å². The highest BCUT2D eigenvalue weighted by molar-refractivity contribution is 7.99. The lowest BCUT2D eigenvalue weighted by molar-refractivity contribution is -0.120. The first-order chi connectivity index (χ1) is 14.2. The summed E-state index contributed by atoms with van der Waals surface area (Å²) in [5.74, 6) is -1.32. The predicted octanol–water partition coefficient (Wildman–Crippen LogP) is 2.28. The Morgan fingerprint density at radius 1 is 1.27 bits per heavy atom. The van der Waals surface area contributed by atoms with Crippen LogP contribution in [0.15, 0.2) is 6.07 Å². The van der Waals surface area contributed by atoms with Crippen molar-refractivity contribution in [3.8, 4) is 5.75 Å². The van der Waals surface area contributed by atoms with Gasteiger partial charge in [-0.05, 0) is 57.0 Å². The maximum absolute atomic E-state index is 15.4. The molecule has 3 atom stereocenters. The molecule has 0 radical (unpaired) electrons. The number of carbonyl (C=O) groups excluding carboxylic acids is 2. The maximum Gasteiger partial charge on any atom is 0.243 e. The monoisotopic (exact) mass is 434 g/mol. The molecule has 3 heterocycles. The number of halogens is 1. The minimum atomic E-state index is -0.813. The molecule has 0 spiro atoms. The van der Waals surface area contributed by atoms with Crippen LogP contribution in [0.3, 0.4) is 0 Å². The van der Waals surface area contributed by atoms with Crippen molar-refractivity contribution in [1.29, 1.82) is 0 Å². The molecular formula is C21H27FN4O3S. The van der Waals surface area contributed by atoms with Gasteiger partial charge >= 0.3 is 0 Å². The van der Waals surface area contributed by atoms with Crippen LogP contribution in [0, 0.1) is 17.7 Å². The molecule has 1 aromatic carbocycles. The number of carbonyl (C=O) groups is 2. The van der Waals surface area contributed by atoms with E-state index in [1.165, 1.54) is 25.1 Å². The third kappa shape index (κ3) is 2.89. The molecule has 162 valence electrons. The van der Waals surface area contributed by atoms with Crippen LogP contribution in [0.1, 0.15) is 43.5 Å². The number of benzene rings is 1. The zero-order chi connectivity index (χ0) is 21.4. The second-order valence-corrected chi connectivity index (χ2v) is 10.3. The molecule has 3 aliphatic heterocycles. The van der Waals surface area contributed by atoms with Gasteiger partial charge in [-0.25, -0.2) is 4.39 Å². The van der Waals surface area contributed by atoms with Crippen LogP contribution in [0.25, 0.3) is 0 Å². The van der Waals surface area contributed by atoms with Crippen molar-refractivity contribution in [3.63, 3.8) is 0 Å². The summed E-state index contributed by atoms with van der Waals surface area (Å²) in [5.41, 5.74) is 7.22. The number of rotatable bonds is 4. The second kappa shape index (κ2) is 6.75. The standard InChI is InChI=1S/C21H27FN4O3S/c1-21(2,23)10-6-7-25(9-10)16-13(22)8-12-15(18(16)29-3)26(11-4-5-11)20-14(17(12)27)19(28)24-30-20/h8,10-11,14,20H,4-7,9,23H2,1-3H3,(H,24,28). The molecule has 5 rings (SSSR count). The van der Waals surface area contributed by atoms with E-state index in [1.54, 1.807) is 0 Å². The van der Waals surface area contributed by atoms with Gasteiger partial charge in [-0.3, -0.25) is 14.3 Å². The van der Waals surface area contributed by atoms with Gasteiger partial charge in [0.15, 0.2) is 17.3 Å². The van der Waals surface area contributed by atoms with Gasteiger partial charge in [-0.1, -0.05) is 0 Å². The number of amides is 1. The van der Waals surface area contributed by atoms with Crippen molar-refractivity contribution in [2.45, 2.75) is 50.1 Å². The van der Waals surface area contributed by atoms with Crippen molar-refractivity contribution in [2.75, 3.05) is 30.0 Å². The molecule has 3 fully saturated rings. The van der Waals surface area contributed by atoms with Crippen molar-refractivity contribution in [2.24, 2.45) is 17.6 Å². The molecule has 2 saturated heterocycles. The fourth-order valence-corrected chi connectivity index (χ4v) is 6.13. The van der Waals surface area contributed by atoms with Gasteiger partial charge in [0.25, 0.3) is 0 Å². The van der Waals surface area contributed by atoms with Gasteiger partial charge < -0.3 is 20.3 Å². The second-order valence-electron chi connectivity index (χ2n) is 9.34. The molecule has 30 heavy (non-hydrogen) atoms. The van der Waals surface area contributed by atoms with E-state index in [9.17, 15) is 9.59 Å². The normalized spacial score (nSPS) is 28.5. The van der Waals surface area contributed by atoms with Crippen LogP contribution in [0.2, 0.25) is 0 Å². The number of nitrogens with zero attached hydrogens (tertiary/aromatic N) is 2. The summed E-state index contributed by atoms with van der Waals surface area (Å²) in [6.07, 6.45) is 2.83. The Balaban J connectivity index is 1.64. The van der Waals surface area contributed by atoms with Crippen LogP contribution in [0.5, 0.6) is 5.75 Å². The molecular weight excluding hydrogens is 407 g/mol. The van der Waals surface area contributed by atoms with E-state index in [1.807, 2.05) is 18.7 Å². The summed E-state index contributed by atoms with van der Waals surface area (Å²) in [4.78, 5) is 29.6. The fraction of sp³-hybridized carbons (Fsp3) is 0.619. The zero-order valence-corrected chi connectivity index (χ0v) is 18.2. The minimum absolute atomic E-state index is 0.228. The Bertz CT molecular complexity index is 930. The van der Waals surface area contributed by atoms with E-state index in [4.69, 9.17) is 10.5 Å². The molecule has 1 amide bonds. The Kier molecular flexibility index (Phi) is 4.49. The van der Waals surface area contributed by atoms with Gasteiger partial charge in [-0.2, -0.15) is 0 Å². The SMILES string of the molecule is COc1c(N2CCC(C(C)(C)N)C2)c(F)cc2c1N(C1CC1)C1SNC(=O)C1C2=O. The van der Waals surface area contributed by atoms with E-state index in [0.29, 0.717) is 30.2 Å². The van der Waals surface area contributed by atoms with E-state index < -0.39 is 11.7 Å². The summed E-state index contributed by atoms with van der Waals surface area (Å²) < 4.78 is 23.9. The topological polar surface area (TPSA) is 87.9 Å². The van der Waals surface area contributed by atoms with E-state index in [2.05, 4.69) is 9.62 Å². The first-order valence-corrected chi connectivity index (χ1v) is 11.3. The van der Waals surface area contributed by atoms with Gasteiger partial charge in [0.2, 0.25) is 5.91 Å². The summed E-state index contributed by atoms with van der Waals surface area (Å²) in [5, 5.41) is -0.327. The number of nitrogens with one attached hydrogen (secondary N) is 1. The van der Waals surface area contributed by atoms with Crippen molar-refractivity contribution in [1.82, 2.24) is 4.72 Å². The molecule has 1 aliphatic carbocycles. The van der Waals surface area contributed by atoms with Crippen LogP contribution < -0.4 is 25.0 Å². The fourth-order valence-electron chi connectivity index (χ4n) is 4.99. The number of ketones is 1. The summed E-state index contributed by atoms with van der Waals surface area (Å²) in [6.45, 7) is 5.30. The number of methoxy groups -OCH3 is 1. The molecule has 0 aromatic heterocycles. The van der Waals surface area contributed by atoms with Crippen molar-refractivity contribution < 1.29 is 18.7 Å². The van der Waals surface area contributed by atoms with Gasteiger partial charge in [0.1, 0.15) is 17.0 Å². The quantitative estimate of drug-likeness (QED) is 0.555. The first kappa shape index (κ1) is 19.9. The largest absolute Gasteiger partial charge is 0.492 e. The lowest BCUT2D eigenvalue weighted by atomic mass is 9.88. The lowest BCUT2D eigenvalue weighted by Gasteiger charge is -2.39. The molecule has 1 saturated carbocycles. The number of anilines is 2. The van der Waals surface area contributed by atoms with E-state index in [-0.39, 0.29) is 40.1 Å². The molecule has 7 nitrogen and oxygen atoms in total. The average Bonchev–Trinajstić information content (AvgIpc) is 3.25. The van der Waals surface area contributed by atoms with Crippen LogP contribution >= 0.6 is 11.9 Å². The van der Waals surface area contributed by atoms with E-state index in [0.717, 1.165) is 19.3 Å². The highest BCUT2D eigenvalue weighted by Gasteiger charge is 2.54. The lowest BCUT2D eigenvalue weighted by Crippen LogP contribution is -2.48. The van der Waals surface area contributed by atoms with E-state index >= 15 is 4.39 Å². The van der Waals surface area contributed by atoms with Crippen molar-refractivity contribution >= 4 is 35.0 Å².